The fourth-order valence-corrected chi connectivity index (χ4v) is 7.91. The molecule has 0 amide bonds. The Labute approximate surface area is 234 Å². The maximum Gasteiger partial charge on any atom is 0.349 e. The summed E-state index contributed by atoms with van der Waals surface area (Å²) in [7, 11) is 0. The van der Waals surface area contributed by atoms with E-state index in [1.165, 1.54) is 33.8 Å². The summed E-state index contributed by atoms with van der Waals surface area (Å²) in [4.78, 5) is 14.8. The first kappa shape index (κ1) is 27.4. The molecule has 38 heavy (non-hydrogen) atoms. The van der Waals surface area contributed by atoms with Gasteiger partial charge in [-0.2, -0.15) is 0 Å². The topological polar surface area (TPSA) is 55.8 Å². The van der Waals surface area contributed by atoms with Crippen molar-refractivity contribution in [3.05, 3.63) is 74.1 Å². The Balaban J connectivity index is 1.23. The van der Waals surface area contributed by atoms with E-state index in [4.69, 9.17) is 9.47 Å². The van der Waals surface area contributed by atoms with Crippen molar-refractivity contribution in [1.29, 1.82) is 0 Å². The van der Waals surface area contributed by atoms with Gasteiger partial charge in [-0.1, -0.05) is 51.1 Å². The largest absolute Gasteiger partial charge is 0.493 e. The van der Waals surface area contributed by atoms with Gasteiger partial charge in [0.15, 0.2) is 6.10 Å². The molecule has 0 saturated carbocycles. The predicted octanol–water partition coefficient (Wildman–Crippen LogP) is 6.27. The monoisotopic (exact) mass is 554 g/mol. The molecule has 1 atom stereocenters. The van der Waals surface area contributed by atoms with E-state index in [9.17, 15) is 9.90 Å². The van der Waals surface area contributed by atoms with Crippen LogP contribution in [-0.2, 0) is 20.5 Å². The summed E-state index contributed by atoms with van der Waals surface area (Å²) in [5, 5.41) is 15.4. The van der Waals surface area contributed by atoms with Gasteiger partial charge in [0.05, 0.1) is 36.0 Å². The Bertz CT molecular complexity index is 1190. The number of carbonyl (C=O) groups excluding carboxylic acids is 1. The number of piperidine rings is 3. The van der Waals surface area contributed by atoms with E-state index in [0.717, 1.165) is 55.7 Å². The fraction of sp³-hybridized carbons (Fsp3) is 0.516. The van der Waals surface area contributed by atoms with Gasteiger partial charge in [-0.15, -0.1) is 22.7 Å². The van der Waals surface area contributed by atoms with Crippen molar-refractivity contribution in [2.45, 2.75) is 64.1 Å². The smallest absolute Gasteiger partial charge is 0.349 e. The average Bonchev–Trinajstić information content (AvgIpc) is 3.62. The first-order valence-electron chi connectivity index (χ1n) is 13.7. The molecule has 0 radical (unpaired) electrons. The zero-order chi connectivity index (χ0) is 27.0. The van der Waals surface area contributed by atoms with E-state index in [-0.39, 0.29) is 11.5 Å². The van der Waals surface area contributed by atoms with Crippen molar-refractivity contribution < 1.29 is 23.9 Å². The Morgan fingerprint density at radius 3 is 2.26 bits per heavy atom. The second-order valence-corrected chi connectivity index (χ2v) is 13.9. The first-order valence-corrected chi connectivity index (χ1v) is 15.5. The van der Waals surface area contributed by atoms with Crippen LogP contribution in [0.4, 0.5) is 0 Å². The van der Waals surface area contributed by atoms with Crippen LogP contribution in [0.25, 0.3) is 0 Å². The van der Waals surface area contributed by atoms with Gasteiger partial charge in [-0.05, 0) is 46.4 Å². The van der Waals surface area contributed by atoms with Gasteiger partial charge in [0, 0.05) is 25.2 Å². The molecule has 3 saturated heterocycles. The molecular weight excluding hydrogens is 514 g/mol. The summed E-state index contributed by atoms with van der Waals surface area (Å²) in [5.41, 5.74) is 0.715. The Kier molecular flexibility index (Phi) is 7.75. The number of fused-ring (bicyclic) bond motifs is 3. The second kappa shape index (κ2) is 10.8. The highest BCUT2D eigenvalue weighted by Crippen LogP contribution is 2.41. The molecule has 5 heterocycles. The van der Waals surface area contributed by atoms with E-state index >= 15 is 0 Å². The van der Waals surface area contributed by atoms with Gasteiger partial charge < -0.3 is 19.1 Å². The fourth-order valence-electron chi connectivity index (χ4n) is 6.19. The van der Waals surface area contributed by atoms with E-state index in [2.05, 4.69) is 45.9 Å². The highest BCUT2D eigenvalue weighted by Gasteiger charge is 2.51. The van der Waals surface area contributed by atoms with Crippen molar-refractivity contribution >= 4 is 28.6 Å². The van der Waals surface area contributed by atoms with Crippen LogP contribution in [0.1, 0.15) is 60.9 Å². The third-order valence-corrected chi connectivity index (χ3v) is 10.4. The maximum atomic E-state index is 13.6. The number of esters is 1. The van der Waals surface area contributed by atoms with E-state index in [0.29, 0.717) is 22.3 Å². The van der Waals surface area contributed by atoms with Crippen LogP contribution in [0, 0.1) is 12.8 Å². The van der Waals surface area contributed by atoms with E-state index < -0.39 is 11.6 Å². The second-order valence-electron chi connectivity index (χ2n) is 12.0. The van der Waals surface area contributed by atoms with Crippen LogP contribution in [-0.4, -0.2) is 54.4 Å². The van der Waals surface area contributed by atoms with E-state index in [1.54, 1.807) is 0 Å². The van der Waals surface area contributed by atoms with Gasteiger partial charge in [0.25, 0.3) is 0 Å². The number of hydrogen-bond donors (Lipinski definition) is 1. The SMILES string of the molecule is Cc1cccc(C(C)(C)C)c1OCCC[N+]12CCC(CC1)C(OC(=O)C(O)(c1cccs1)c1cccs1)C2. The van der Waals surface area contributed by atoms with Crippen LogP contribution < -0.4 is 4.74 Å². The number of rotatable bonds is 9. The van der Waals surface area contributed by atoms with Crippen molar-refractivity contribution in [3.63, 3.8) is 0 Å². The molecule has 1 N–H and O–H groups in total. The van der Waals surface area contributed by atoms with Crippen molar-refractivity contribution in [3.8, 4) is 5.75 Å². The molecule has 1 unspecified atom stereocenters. The number of aryl methyl sites for hydroxylation is 1. The first-order chi connectivity index (χ1) is 18.1. The molecule has 2 aromatic heterocycles. The van der Waals surface area contributed by atoms with Crippen molar-refractivity contribution in [1.82, 2.24) is 0 Å². The summed E-state index contributed by atoms with van der Waals surface area (Å²) in [6.45, 7) is 13.6. The standard InChI is InChI=1S/C31H40NO4S2/c1-22-9-5-10-24(30(2,3)4)28(22)35-18-8-15-32-16-13-23(14-17-32)25(21-32)36-29(33)31(34,26-11-6-19-37-26)27-12-7-20-38-27/h5-7,9-12,19-20,23,25,34H,8,13-18,21H2,1-4H3/q+1. The van der Waals surface area contributed by atoms with Crippen LogP contribution in [0.5, 0.6) is 5.75 Å². The number of carbonyl (C=O) groups is 1. The molecular formula is C31H40NO4S2+. The lowest BCUT2D eigenvalue weighted by molar-refractivity contribution is -0.946. The van der Waals surface area contributed by atoms with Gasteiger partial charge in [0.1, 0.15) is 12.3 Å². The minimum atomic E-state index is -1.74. The molecule has 1 aromatic carbocycles. The Morgan fingerprint density at radius 2 is 1.68 bits per heavy atom. The molecule has 3 fully saturated rings. The molecule has 6 rings (SSSR count). The highest BCUT2D eigenvalue weighted by molar-refractivity contribution is 7.12. The molecule has 3 aromatic rings. The van der Waals surface area contributed by atoms with E-state index in [1.807, 2.05) is 35.0 Å². The number of thiophene rings is 2. The van der Waals surface area contributed by atoms with Crippen LogP contribution in [0.3, 0.4) is 0 Å². The van der Waals surface area contributed by atoms with Gasteiger partial charge >= 0.3 is 5.97 Å². The van der Waals surface area contributed by atoms with Crippen molar-refractivity contribution in [2.75, 3.05) is 32.8 Å². The summed E-state index contributed by atoms with van der Waals surface area (Å²) >= 11 is 2.77. The molecule has 7 heteroatoms. The van der Waals surface area contributed by atoms with Crippen LogP contribution >= 0.6 is 22.7 Å². The quantitative estimate of drug-likeness (QED) is 0.192. The summed E-state index contributed by atoms with van der Waals surface area (Å²) in [5.74, 6) is 0.843. The Morgan fingerprint density at radius 1 is 1.03 bits per heavy atom. The van der Waals surface area contributed by atoms with Crippen LogP contribution in [0.15, 0.2) is 53.2 Å². The number of hydrogen-bond acceptors (Lipinski definition) is 6. The molecule has 5 nitrogen and oxygen atoms in total. The molecule has 3 aliphatic rings. The van der Waals surface area contributed by atoms with Gasteiger partial charge in [-0.3, -0.25) is 0 Å². The maximum absolute atomic E-state index is 13.6. The summed E-state index contributed by atoms with van der Waals surface area (Å²) < 4.78 is 13.5. The highest BCUT2D eigenvalue weighted by atomic mass is 32.1. The van der Waals surface area contributed by atoms with Crippen LogP contribution in [0.2, 0.25) is 0 Å². The van der Waals surface area contributed by atoms with Crippen molar-refractivity contribution in [2.24, 2.45) is 5.92 Å². The molecule has 204 valence electrons. The van der Waals surface area contributed by atoms with Gasteiger partial charge in [0.2, 0.25) is 5.60 Å². The molecule has 3 aliphatic heterocycles. The predicted molar refractivity (Wildman–Crippen MR) is 154 cm³/mol. The number of nitrogens with zero attached hydrogens (tertiary/aromatic N) is 1. The number of quaternary nitrogens is 1. The zero-order valence-electron chi connectivity index (χ0n) is 22.9. The zero-order valence-corrected chi connectivity index (χ0v) is 24.6. The summed E-state index contributed by atoms with van der Waals surface area (Å²) in [6.07, 6.45) is 2.90. The Hall–Kier alpha value is -2.19. The lowest BCUT2D eigenvalue weighted by atomic mass is 9.83. The normalized spacial score (nSPS) is 23.4. The summed E-state index contributed by atoms with van der Waals surface area (Å²) in [6, 6.07) is 13.8. The molecule has 0 spiro atoms. The van der Waals surface area contributed by atoms with Gasteiger partial charge in [-0.25, -0.2) is 4.79 Å². The lowest BCUT2D eigenvalue weighted by Crippen LogP contribution is -2.65. The average molecular weight is 555 g/mol. The number of ether oxygens (including phenoxy) is 2. The number of benzene rings is 1. The minimum absolute atomic E-state index is 0.0309. The minimum Gasteiger partial charge on any atom is -0.493 e. The lowest BCUT2D eigenvalue weighted by Gasteiger charge is -2.52. The molecule has 2 bridgehead atoms. The third kappa shape index (κ3) is 5.31. The number of para-hydroxylation sites is 1. The third-order valence-electron chi connectivity index (χ3n) is 8.39. The number of aliphatic hydroxyl groups is 1. The molecule has 0 aliphatic carbocycles.